The first kappa shape index (κ1) is 17.8. The van der Waals surface area contributed by atoms with Crippen LogP contribution in [0, 0.1) is 0 Å². The number of allylic oxidation sites excluding steroid dienone is 2. The summed E-state index contributed by atoms with van der Waals surface area (Å²) in [5.41, 5.74) is 2.12. The summed E-state index contributed by atoms with van der Waals surface area (Å²) in [6.07, 6.45) is 7.17. The Morgan fingerprint density at radius 2 is 1.85 bits per heavy atom. The van der Waals surface area contributed by atoms with Crippen LogP contribution in [-0.4, -0.2) is 23.6 Å². The second-order valence-corrected chi connectivity index (χ2v) is 6.38. The molecule has 0 unspecified atom stereocenters. The highest BCUT2D eigenvalue weighted by Crippen LogP contribution is 2.32. The van der Waals surface area contributed by atoms with E-state index in [1.54, 1.807) is 12.2 Å². The molecule has 0 bridgehead atoms. The minimum absolute atomic E-state index is 0.000750. The Bertz CT molecular complexity index is 809. The first-order chi connectivity index (χ1) is 12.6. The highest BCUT2D eigenvalue weighted by atomic mass is 16.7. The number of hydrogen-bond acceptors (Lipinski definition) is 3. The van der Waals surface area contributed by atoms with E-state index in [1.165, 1.54) is 0 Å². The number of ether oxygens (including phenoxy) is 2. The van der Waals surface area contributed by atoms with Crippen molar-refractivity contribution in [1.29, 1.82) is 0 Å². The molecule has 0 saturated heterocycles. The van der Waals surface area contributed by atoms with Crippen molar-refractivity contribution >= 4 is 12.0 Å². The van der Waals surface area contributed by atoms with Gasteiger partial charge >= 0.3 is 0 Å². The van der Waals surface area contributed by atoms with Gasteiger partial charge in [-0.3, -0.25) is 4.79 Å². The van der Waals surface area contributed by atoms with Gasteiger partial charge in [-0.2, -0.15) is 0 Å². The molecular weight excluding hydrogens is 326 g/mol. The molecule has 134 valence electrons. The summed E-state index contributed by atoms with van der Waals surface area (Å²) in [4.78, 5) is 14.4. The molecule has 1 aliphatic rings. The summed E-state index contributed by atoms with van der Waals surface area (Å²) in [5, 5.41) is 0. The molecule has 0 fully saturated rings. The lowest BCUT2D eigenvalue weighted by atomic mass is 10.1. The normalized spacial score (nSPS) is 13.0. The first-order valence-electron chi connectivity index (χ1n) is 8.72. The predicted molar refractivity (Wildman–Crippen MR) is 103 cm³/mol. The zero-order valence-electron chi connectivity index (χ0n) is 15.1. The van der Waals surface area contributed by atoms with Crippen LogP contribution in [0.25, 0.3) is 6.08 Å². The van der Waals surface area contributed by atoms with Crippen LogP contribution in [0.1, 0.15) is 25.0 Å². The second-order valence-electron chi connectivity index (χ2n) is 6.38. The van der Waals surface area contributed by atoms with Crippen LogP contribution in [0.2, 0.25) is 0 Å². The minimum Gasteiger partial charge on any atom is -0.454 e. The zero-order valence-corrected chi connectivity index (χ0v) is 15.1. The van der Waals surface area contributed by atoms with Gasteiger partial charge in [0.1, 0.15) is 0 Å². The van der Waals surface area contributed by atoms with Gasteiger partial charge in [-0.15, -0.1) is 0 Å². The molecule has 1 aliphatic heterocycles. The molecule has 0 atom stereocenters. The molecule has 26 heavy (non-hydrogen) atoms. The molecule has 0 N–H and O–H groups in total. The van der Waals surface area contributed by atoms with Gasteiger partial charge in [0.05, 0.1) is 0 Å². The molecule has 0 aliphatic carbocycles. The van der Waals surface area contributed by atoms with Crippen molar-refractivity contribution in [3.8, 4) is 11.5 Å². The van der Waals surface area contributed by atoms with E-state index in [9.17, 15) is 4.79 Å². The van der Waals surface area contributed by atoms with Crippen LogP contribution in [0.3, 0.4) is 0 Å². The lowest BCUT2D eigenvalue weighted by Crippen LogP contribution is -2.35. The van der Waals surface area contributed by atoms with Crippen LogP contribution in [0.5, 0.6) is 11.5 Å². The molecule has 1 heterocycles. The van der Waals surface area contributed by atoms with E-state index in [-0.39, 0.29) is 18.7 Å². The molecule has 0 radical (unpaired) electrons. The van der Waals surface area contributed by atoms with Gasteiger partial charge in [0, 0.05) is 18.7 Å². The largest absolute Gasteiger partial charge is 0.454 e. The molecule has 4 heteroatoms. The summed E-state index contributed by atoms with van der Waals surface area (Å²) < 4.78 is 10.7. The number of benzene rings is 2. The molecule has 0 saturated carbocycles. The summed E-state index contributed by atoms with van der Waals surface area (Å²) >= 11 is 0. The van der Waals surface area contributed by atoms with Crippen LogP contribution in [0.4, 0.5) is 0 Å². The Morgan fingerprint density at radius 3 is 2.62 bits per heavy atom. The van der Waals surface area contributed by atoms with E-state index in [4.69, 9.17) is 9.47 Å². The summed E-state index contributed by atoms with van der Waals surface area (Å²) in [7, 11) is 0. The van der Waals surface area contributed by atoms with E-state index in [1.807, 2.05) is 79.4 Å². The highest BCUT2D eigenvalue weighted by Gasteiger charge is 2.14. The number of carbonyl (C=O) groups excluding carboxylic acids is 1. The third-order valence-corrected chi connectivity index (χ3v) is 4.14. The molecule has 2 aromatic rings. The van der Waals surface area contributed by atoms with E-state index in [2.05, 4.69) is 0 Å². The number of carbonyl (C=O) groups is 1. The average Bonchev–Trinajstić information content (AvgIpc) is 3.11. The molecule has 0 aromatic heterocycles. The van der Waals surface area contributed by atoms with Gasteiger partial charge in [0.2, 0.25) is 12.7 Å². The standard InChI is InChI=1S/C22H23NO3/c1-17(2)23(15-19-9-4-3-5-10-19)22(24)11-7-6-8-18-12-13-20-21(14-18)26-16-25-20/h3-14,17H,15-16H2,1-2H3/b8-6+,11-7+. The number of rotatable bonds is 6. The van der Waals surface area contributed by atoms with E-state index in [0.29, 0.717) is 6.54 Å². The fourth-order valence-corrected chi connectivity index (χ4v) is 2.71. The quantitative estimate of drug-likeness (QED) is 0.572. The fraction of sp³-hybridized carbons (Fsp3) is 0.227. The third kappa shape index (κ3) is 4.54. The zero-order chi connectivity index (χ0) is 18.4. The topological polar surface area (TPSA) is 38.8 Å². The number of fused-ring (bicyclic) bond motifs is 1. The van der Waals surface area contributed by atoms with Gasteiger partial charge in [-0.1, -0.05) is 54.6 Å². The van der Waals surface area contributed by atoms with Gasteiger partial charge in [-0.25, -0.2) is 0 Å². The molecular formula is C22H23NO3. The maximum Gasteiger partial charge on any atom is 0.247 e. The molecule has 1 amide bonds. The van der Waals surface area contributed by atoms with Crippen molar-refractivity contribution in [1.82, 2.24) is 4.90 Å². The third-order valence-electron chi connectivity index (χ3n) is 4.14. The van der Waals surface area contributed by atoms with Crippen molar-refractivity contribution in [2.75, 3.05) is 6.79 Å². The van der Waals surface area contributed by atoms with Crippen molar-refractivity contribution in [3.63, 3.8) is 0 Å². The number of amides is 1. The number of hydrogen-bond donors (Lipinski definition) is 0. The Kier molecular flexibility index (Phi) is 5.74. The molecule has 3 rings (SSSR count). The average molecular weight is 349 g/mol. The summed E-state index contributed by atoms with van der Waals surface area (Å²) in [5.74, 6) is 1.52. The highest BCUT2D eigenvalue weighted by molar-refractivity contribution is 5.88. The van der Waals surface area contributed by atoms with Crippen LogP contribution in [0.15, 0.2) is 66.8 Å². The molecule has 4 nitrogen and oxygen atoms in total. The Labute approximate surface area is 154 Å². The van der Waals surface area contributed by atoms with Gasteiger partial charge in [0.15, 0.2) is 11.5 Å². The lowest BCUT2D eigenvalue weighted by Gasteiger charge is -2.25. The minimum atomic E-state index is -0.000750. The van der Waals surface area contributed by atoms with E-state index < -0.39 is 0 Å². The van der Waals surface area contributed by atoms with Crippen molar-refractivity contribution < 1.29 is 14.3 Å². The Morgan fingerprint density at radius 1 is 1.08 bits per heavy atom. The maximum absolute atomic E-state index is 12.5. The van der Waals surface area contributed by atoms with Gasteiger partial charge in [0.25, 0.3) is 0 Å². The monoisotopic (exact) mass is 349 g/mol. The first-order valence-corrected chi connectivity index (χ1v) is 8.72. The van der Waals surface area contributed by atoms with Crippen molar-refractivity contribution in [2.24, 2.45) is 0 Å². The lowest BCUT2D eigenvalue weighted by molar-refractivity contribution is -0.128. The Hall–Kier alpha value is -3.01. The van der Waals surface area contributed by atoms with Crippen molar-refractivity contribution in [3.05, 3.63) is 77.9 Å². The van der Waals surface area contributed by atoms with Gasteiger partial charge in [-0.05, 0) is 37.1 Å². The van der Waals surface area contributed by atoms with E-state index in [0.717, 1.165) is 22.6 Å². The molecule has 2 aromatic carbocycles. The predicted octanol–water partition coefficient (Wildman–Crippen LogP) is 4.42. The fourth-order valence-electron chi connectivity index (χ4n) is 2.71. The van der Waals surface area contributed by atoms with Crippen LogP contribution in [-0.2, 0) is 11.3 Å². The van der Waals surface area contributed by atoms with Crippen molar-refractivity contribution in [2.45, 2.75) is 26.4 Å². The summed E-state index contributed by atoms with van der Waals surface area (Å²) in [6.45, 7) is 4.92. The number of nitrogens with zero attached hydrogens (tertiary/aromatic N) is 1. The SMILES string of the molecule is CC(C)N(Cc1ccccc1)C(=O)/C=C/C=C/c1ccc2c(c1)OCO2. The van der Waals surface area contributed by atoms with Gasteiger partial charge < -0.3 is 14.4 Å². The smallest absolute Gasteiger partial charge is 0.247 e. The Balaban J connectivity index is 1.61. The molecule has 0 spiro atoms. The van der Waals surface area contributed by atoms with Crippen LogP contribution < -0.4 is 9.47 Å². The second kappa shape index (κ2) is 8.39. The van der Waals surface area contributed by atoms with E-state index >= 15 is 0 Å². The van der Waals surface area contributed by atoms with Crippen LogP contribution >= 0.6 is 0 Å². The summed E-state index contributed by atoms with van der Waals surface area (Å²) in [6, 6.07) is 15.9. The maximum atomic E-state index is 12.5.